The molecule has 0 unspecified atom stereocenters. The van der Waals surface area contributed by atoms with Crippen molar-refractivity contribution in [3.05, 3.63) is 107 Å². The zero-order valence-corrected chi connectivity index (χ0v) is 23.1. The van der Waals surface area contributed by atoms with Gasteiger partial charge in [0.15, 0.2) is 5.82 Å². The van der Waals surface area contributed by atoms with Gasteiger partial charge in [0, 0.05) is 48.8 Å². The third-order valence-corrected chi connectivity index (χ3v) is 9.04. The topological polar surface area (TPSA) is 77.3 Å². The molecule has 0 atom stereocenters. The molecular formula is C31H30N4O3S. The molecular weight excluding hydrogens is 508 g/mol. The van der Waals surface area contributed by atoms with Gasteiger partial charge in [0.05, 0.1) is 23.2 Å². The van der Waals surface area contributed by atoms with Gasteiger partial charge in [-0.25, -0.2) is 17.4 Å². The Morgan fingerprint density at radius 1 is 0.923 bits per heavy atom. The van der Waals surface area contributed by atoms with Crippen molar-refractivity contribution >= 4 is 20.9 Å². The zero-order chi connectivity index (χ0) is 27.1. The highest BCUT2D eigenvalue weighted by Gasteiger charge is 2.26. The molecule has 0 amide bonds. The van der Waals surface area contributed by atoms with Crippen LogP contribution in [0.4, 0.5) is 0 Å². The van der Waals surface area contributed by atoms with Crippen molar-refractivity contribution in [2.24, 2.45) is 0 Å². The Balaban J connectivity index is 1.40. The first-order chi connectivity index (χ1) is 18.8. The smallest absolute Gasteiger partial charge is 0.268 e. The quantitative estimate of drug-likeness (QED) is 0.283. The van der Waals surface area contributed by atoms with Crippen LogP contribution in [0.15, 0.2) is 83.9 Å². The number of benzene rings is 3. The third kappa shape index (κ3) is 4.60. The lowest BCUT2D eigenvalue weighted by Gasteiger charge is -2.29. The number of aromatic nitrogens is 3. The average molecular weight is 539 g/mol. The molecule has 0 bridgehead atoms. The van der Waals surface area contributed by atoms with E-state index in [4.69, 9.17) is 14.7 Å². The number of hydrogen-bond donors (Lipinski definition) is 0. The van der Waals surface area contributed by atoms with Gasteiger partial charge in [0.25, 0.3) is 10.0 Å². The summed E-state index contributed by atoms with van der Waals surface area (Å²) in [6.07, 6.45) is 2.46. The minimum absolute atomic E-state index is 0.252. The van der Waals surface area contributed by atoms with E-state index in [2.05, 4.69) is 29.2 Å². The molecule has 0 spiro atoms. The largest absolute Gasteiger partial charge is 0.481 e. The van der Waals surface area contributed by atoms with Gasteiger partial charge in [0.1, 0.15) is 0 Å². The summed E-state index contributed by atoms with van der Waals surface area (Å²) >= 11 is 0. The van der Waals surface area contributed by atoms with E-state index >= 15 is 0 Å². The minimum Gasteiger partial charge on any atom is -0.481 e. The normalized spacial score (nSPS) is 13.9. The van der Waals surface area contributed by atoms with Gasteiger partial charge < -0.3 is 4.74 Å². The van der Waals surface area contributed by atoms with Gasteiger partial charge in [-0.1, -0.05) is 60.2 Å². The molecule has 3 heterocycles. The Morgan fingerprint density at radius 2 is 1.69 bits per heavy atom. The maximum absolute atomic E-state index is 13.6. The summed E-state index contributed by atoms with van der Waals surface area (Å²) in [5, 5.41) is 0.816. The fraction of sp³-hybridized carbons (Fsp3) is 0.226. The van der Waals surface area contributed by atoms with E-state index in [1.165, 1.54) is 9.54 Å². The van der Waals surface area contributed by atoms with E-state index in [-0.39, 0.29) is 4.90 Å². The Kier molecular flexibility index (Phi) is 6.45. The second-order valence-corrected chi connectivity index (χ2v) is 11.9. The minimum atomic E-state index is -3.77. The highest BCUT2D eigenvalue weighted by atomic mass is 32.2. The number of rotatable bonds is 6. The molecule has 0 saturated heterocycles. The number of fused-ring (bicyclic) bond motifs is 2. The Morgan fingerprint density at radius 3 is 2.44 bits per heavy atom. The molecule has 7 nitrogen and oxygen atoms in total. The lowest BCUT2D eigenvalue weighted by atomic mass is 10.0. The van der Waals surface area contributed by atoms with Crippen molar-refractivity contribution in [3.63, 3.8) is 0 Å². The molecule has 0 saturated carbocycles. The van der Waals surface area contributed by atoms with E-state index in [1.54, 1.807) is 25.4 Å². The van der Waals surface area contributed by atoms with Crippen LogP contribution >= 0.6 is 0 Å². The second kappa shape index (κ2) is 9.94. The molecule has 3 aromatic carbocycles. The molecule has 0 aliphatic carbocycles. The summed E-state index contributed by atoms with van der Waals surface area (Å²) in [6, 6.07) is 23.0. The van der Waals surface area contributed by atoms with Crippen LogP contribution in [0.5, 0.6) is 5.88 Å². The molecule has 8 heteroatoms. The van der Waals surface area contributed by atoms with Crippen LogP contribution in [0.2, 0.25) is 0 Å². The predicted octanol–water partition coefficient (Wildman–Crippen LogP) is 5.52. The van der Waals surface area contributed by atoms with Crippen LogP contribution in [-0.4, -0.2) is 40.9 Å². The standard InChI is InChI=1S/C31H30N4O3S/c1-21-12-14-24(15-13-21)39(36,37)35-18-22(2)29-25(10-7-11-28(29)35)30-32-27-16-17-34(19-23-8-5-4-6-9-23)20-26(27)31(33-30)38-3/h4-15,18H,16-17,19-20H2,1-3H3. The number of methoxy groups -OCH3 is 1. The monoisotopic (exact) mass is 538 g/mol. The fourth-order valence-electron chi connectivity index (χ4n) is 5.36. The molecule has 198 valence electrons. The van der Waals surface area contributed by atoms with Gasteiger partial charge in [-0.3, -0.25) is 4.90 Å². The fourth-order valence-corrected chi connectivity index (χ4v) is 6.78. The van der Waals surface area contributed by atoms with Crippen LogP contribution in [0.25, 0.3) is 22.3 Å². The van der Waals surface area contributed by atoms with Crippen molar-refractivity contribution in [3.8, 4) is 17.3 Å². The van der Waals surface area contributed by atoms with Crippen LogP contribution in [0.1, 0.15) is 27.9 Å². The third-order valence-electron chi connectivity index (χ3n) is 7.35. The van der Waals surface area contributed by atoms with Crippen LogP contribution in [0, 0.1) is 13.8 Å². The summed E-state index contributed by atoms with van der Waals surface area (Å²) in [5.41, 5.74) is 6.48. The predicted molar refractivity (Wildman–Crippen MR) is 152 cm³/mol. The molecule has 0 fully saturated rings. The summed E-state index contributed by atoms with van der Waals surface area (Å²) in [6.45, 7) is 6.31. The summed E-state index contributed by atoms with van der Waals surface area (Å²) in [5.74, 6) is 1.11. The Labute approximate surface area is 228 Å². The van der Waals surface area contributed by atoms with E-state index < -0.39 is 10.0 Å². The lowest BCUT2D eigenvalue weighted by molar-refractivity contribution is 0.236. The Bertz CT molecular complexity index is 1760. The van der Waals surface area contributed by atoms with Crippen LogP contribution in [-0.2, 0) is 29.5 Å². The molecule has 5 aromatic rings. The van der Waals surface area contributed by atoms with E-state index in [0.717, 1.165) is 52.8 Å². The van der Waals surface area contributed by atoms with E-state index in [0.29, 0.717) is 23.8 Å². The van der Waals surface area contributed by atoms with Gasteiger partial charge in [-0.2, -0.15) is 4.98 Å². The first-order valence-corrected chi connectivity index (χ1v) is 14.4. The van der Waals surface area contributed by atoms with Crippen molar-refractivity contribution in [1.29, 1.82) is 0 Å². The van der Waals surface area contributed by atoms with Gasteiger partial charge in [-0.05, 0) is 43.2 Å². The Hall–Kier alpha value is -4.01. The van der Waals surface area contributed by atoms with E-state index in [1.807, 2.05) is 50.2 Å². The SMILES string of the molecule is COc1nc(-c2cccc3c2c(C)cn3S(=O)(=O)c2ccc(C)cc2)nc2c1CN(Cc1ccccc1)CC2. The van der Waals surface area contributed by atoms with Gasteiger partial charge >= 0.3 is 0 Å². The maximum Gasteiger partial charge on any atom is 0.268 e. The zero-order valence-electron chi connectivity index (χ0n) is 22.3. The van der Waals surface area contributed by atoms with Crippen molar-refractivity contribution < 1.29 is 13.2 Å². The van der Waals surface area contributed by atoms with Crippen LogP contribution in [0.3, 0.4) is 0 Å². The average Bonchev–Trinajstić information content (AvgIpc) is 3.30. The van der Waals surface area contributed by atoms with Crippen molar-refractivity contribution in [1.82, 2.24) is 18.8 Å². The molecule has 6 rings (SSSR count). The number of ether oxygens (including phenoxy) is 1. The molecule has 39 heavy (non-hydrogen) atoms. The summed E-state index contributed by atoms with van der Waals surface area (Å²) in [4.78, 5) is 12.4. The van der Waals surface area contributed by atoms with Crippen molar-refractivity contribution in [2.45, 2.75) is 38.3 Å². The van der Waals surface area contributed by atoms with Crippen molar-refractivity contribution in [2.75, 3.05) is 13.7 Å². The van der Waals surface area contributed by atoms with Gasteiger partial charge in [-0.15, -0.1) is 0 Å². The first-order valence-electron chi connectivity index (χ1n) is 13.0. The number of nitrogens with zero attached hydrogens (tertiary/aromatic N) is 4. The van der Waals surface area contributed by atoms with Crippen LogP contribution < -0.4 is 4.74 Å². The highest BCUT2D eigenvalue weighted by Crippen LogP contribution is 2.35. The first kappa shape index (κ1) is 25.3. The summed E-state index contributed by atoms with van der Waals surface area (Å²) < 4.78 is 34.3. The number of hydrogen-bond acceptors (Lipinski definition) is 6. The maximum atomic E-state index is 13.6. The van der Waals surface area contributed by atoms with E-state index in [9.17, 15) is 8.42 Å². The second-order valence-electron chi connectivity index (χ2n) is 10.1. The molecule has 1 aliphatic rings. The molecule has 2 aromatic heterocycles. The number of aryl methyl sites for hydroxylation is 2. The lowest BCUT2D eigenvalue weighted by Crippen LogP contribution is -2.31. The molecule has 1 aliphatic heterocycles. The molecule has 0 N–H and O–H groups in total. The summed E-state index contributed by atoms with van der Waals surface area (Å²) in [7, 11) is -2.14. The van der Waals surface area contributed by atoms with Gasteiger partial charge in [0.2, 0.25) is 5.88 Å². The highest BCUT2D eigenvalue weighted by molar-refractivity contribution is 7.90. The molecule has 0 radical (unpaired) electrons.